The number of rotatable bonds is 11. The van der Waals surface area contributed by atoms with Gasteiger partial charge >= 0.3 is 14.5 Å². The van der Waals surface area contributed by atoms with E-state index in [-0.39, 0.29) is 5.97 Å². The van der Waals surface area contributed by atoms with Gasteiger partial charge in [-0.25, -0.2) is 4.79 Å². The molecule has 0 saturated heterocycles. The van der Waals surface area contributed by atoms with E-state index in [0.29, 0.717) is 25.4 Å². The maximum Gasteiger partial charge on any atom is 0.334 e. The fourth-order valence-electron chi connectivity index (χ4n) is 1.81. The molecule has 0 aliphatic heterocycles. The molecule has 112 valence electrons. The average molecular weight is 288 g/mol. The van der Waals surface area contributed by atoms with Crippen molar-refractivity contribution in [3.63, 3.8) is 0 Å². The van der Waals surface area contributed by atoms with Crippen LogP contribution in [0.3, 0.4) is 0 Å². The monoisotopic (exact) mass is 288 g/mol. The third-order valence-electron chi connectivity index (χ3n) is 2.76. The van der Waals surface area contributed by atoms with Gasteiger partial charge in [-0.15, -0.1) is 0 Å². The average Bonchev–Trinajstić information content (AvgIpc) is 2.33. The zero-order chi connectivity index (χ0) is 14.7. The molecule has 19 heavy (non-hydrogen) atoms. The predicted octanol–water partition coefficient (Wildman–Crippen LogP) is 3.42. The molecule has 0 aromatic heterocycles. The minimum absolute atomic E-state index is 0.303. The van der Waals surface area contributed by atoms with Crippen LogP contribution in [-0.4, -0.2) is 34.4 Å². The van der Waals surface area contributed by atoms with Crippen LogP contribution in [0.4, 0.5) is 0 Å². The second kappa shape index (κ2) is 10.2. The van der Waals surface area contributed by atoms with Crippen LogP contribution in [0.1, 0.15) is 40.0 Å². The Kier molecular flexibility index (Phi) is 9.82. The van der Waals surface area contributed by atoms with Gasteiger partial charge in [-0.1, -0.05) is 19.4 Å². The molecule has 0 atom stereocenters. The van der Waals surface area contributed by atoms with Gasteiger partial charge in [-0.3, -0.25) is 0 Å². The van der Waals surface area contributed by atoms with E-state index in [2.05, 4.69) is 13.1 Å². The third-order valence-corrected chi connectivity index (χ3v) is 5.82. The van der Waals surface area contributed by atoms with Crippen LogP contribution in [0, 0.1) is 0 Å². The van der Waals surface area contributed by atoms with Crippen molar-refractivity contribution in [3.05, 3.63) is 12.2 Å². The van der Waals surface area contributed by atoms with E-state index in [1.807, 2.05) is 13.8 Å². The van der Waals surface area contributed by atoms with Crippen molar-refractivity contribution in [2.24, 2.45) is 0 Å². The first-order chi connectivity index (χ1) is 8.95. The van der Waals surface area contributed by atoms with Gasteiger partial charge in [-0.2, -0.15) is 0 Å². The number of carbonyl (C=O) groups excluding carboxylic acids is 1. The third kappa shape index (κ3) is 8.97. The summed E-state index contributed by atoms with van der Waals surface area (Å²) in [4.78, 5) is 11.2. The standard InChI is InChI=1S/C14H28O4Si/c1-6-17-19(5,18-7-2)12-10-8-9-11-16-14(15)13(3)4/h3,6-12H2,1-2,4-5H3. The lowest BCUT2D eigenvalue weighted by Crippen LogP contribution is -2.38. The summed E-state index contributed by atoms with van der Waals surface area (Å²) < 4.78 is 16.6. The Morgan fingerprint density at radius 2 is 1.68 bits per heavy atom. The maximum atomic E-state index is 11.2. The van der Waals surface area contributed by atoms with Gasteiger partial charge in [0.1, 0.15) is 0 Å². The van der Waals surface area contributed by atoms with Gasteiger partial charge in [0, 0.05) is 18.8 Å². The van der Waals surface area contributed by atoms with E-state index in [0.717, 1.165) is 25.3 Å². The van der Waals surface area contributed by atoms with Gasteiger partial charge in [0.2, 0.25) is 0 Å². The van der Waals surface area contributed by atoms with Gasteiger partial charge in [0.05, 0.1) is 6.61 Å². The molecule has 4 nitrogen and oxygen atoms in total. The summed E-state index contributed by atoms with van der Waals surface area (Å²) in [5.74, 6) is -0.303. The van der Waals surface area contributed by atoms with Crippen LogP contribution in [0.15, 0.2) is 12.2 Å². The Labute approximate surface area is 118 Å². The van der Waals surface area contributed by atoms with Gasteiger partial charge in [0.25, 0.3) is 0 Å². The van der Waals surface area contributed by atoms with Crippen LogP contribution >= 0.6 is 0 Å². The topological polar surface area (TPSA) is 44.8 Å². The quantitative estimate of drug-likeness (QED) is 0.253. The summed E-state index contributed by atoms with van der Waals surface area (Å²) in [6.07, 6.45) is 2.95. The largest absolute Gasteiger partial charge is 0.462 e. The molecule has 0 bridgehead atoms. The molecule has 0 radical (unpaired) electrons. The normalized spacial score (nSPS) is 11.4. The van der Waals surface area contributed by atoms with E-state index in [1.54, 1.807) is 6.92 Å². The summed E-state index contributed by atoms with van der Waals surface area (Å²) >= 11 is 0. The second-order valence-corrected chi connectivity index (χ2v) is 8.07. The predicted molar refractivity (Wildman–Crippen MR) is 79.3 cm³/mol. The van der Waals surface area contributed by atoms with Crippen molar-refractivity contribution in [2.45, 2.75) is 52.6 Å². The summed E-state index contributed by atoms with van der Waals surface area (Å²) in [6.45, 7) is 13.2. The Balaban J connectivity index is 3.71. The molecule has 0 heterocycles. The zero-order valence-electron chi connectivity index (χ0n) is 12.8. The lowest BCUT2D eigenvalue weighted by atomic mass is 10.3. The SMILES string of the molecule is C=C(C)C(=O)OCCCCC[Si](C)(OCC)OCC. The van der Waals surface area contributed by atoms with Crippen LogP contribution in [0.25, 0.3) is 0 Å². The highest BCUT2D eigenvalue weighted by molar-refractivity contribution is 6.66. The molecule has 0 rings (SSSR count). The second-order valence-electron chi connectivity index (χ2n) is 4.73. The van der Waals surface area contributed by atoms with Gasteiger partial charge < -0.3 is 13.6 Å². The highest BCUT2D eigenvalue weighted by atomic mass is 28.4. The Morgan fingerprint density at radius 3 is 2.16 bits per heavy atom. The number of hydrogen-bond acceptors (Lipinski definition) is 4. The fourth-order valence-corrected chi connectivity index (χ4v) is 4.30. The molecule has 0 amide bonds. The van der Waals surface area contributed by atoms with E-state index >= 15 is 0 Å². The van der Waals surface area contributed by atoms with Crippen LogP contribution in [-0.2, 0) is 18.4 Å². The molecule has 5 heteroatoms. The number of hydrogen-bond donors (Lipinski definition) is 0. The molecular weight excluding hydrogens is 260 g/mol. The number of esters is 1. The fraction of sp³-hybridized carbons (Fsp3) is 0.786. The summed E-state index contributed by atoms with van der Waals surface area (Å²) in [7, 11) is -1.97. The van der Waals surface area contributed by atoms with Crippen LogP contribution in [0.5, 0.6) is 0 Å². The zero-order valence-corrected chi connectivity index (χ0v) is 13.8. The molecule has 0 aromatic rings. The van der Waals surface area contributed by atoms with Crippen LogP contribution < -0.4 is 0 Å². The first kappa shape index (κ1) is 18.3. The van der Waals surface area contributed by atoms with Crippen molar-refractivity contribution < 1.29 is 18.4 Å². The van der Waals surface area contributed by atoms with E-state index in [9.17, 15) is 4.79 Å². The highest BCUT2D eigenvalue weighted by Crippen LogP contribution is 2.17. The molecular formula is C14H28O4Si. The van der Waals surface area contributed by atoms with Crippen molar-refractivity contribution in [1.29, 1.82) is 0 Å². The summed E-state index contributed by atoms with van der Waals surface area (Å²) in [5.41, 5.74) is 0.452. The summed E-state index contributed by atoms with van der Waals surface area (Å²) in [5, 5.41) is 0. The molecule has 0 aliphatic rings. The molecule has 0 fully saturated rings. The lowest BCUT2D eigenvalue weighted by molar-refractivity contribution is -0.139. The number of unbranched alkanes of at least 4 members (excludes halogenated alkanes) is 2. The number of ether oxygens (including phenoxy) is 1. The minimum Gasteiger partial charge on any atom is -0.462 e. The van der Waals surface area contributed by atoms with Crippen molar-refractivity contribution in [1.82, 2.24) is 0 Å². The van der Waals surface area contributed by atoms with Crippen molar-refractivity contribution in [2.75, 3.05) is 19.8 Å². The van der Waals surface area contributed by atoms with E-state index in [4.69, 9.17) is 13.6 Å². The molecule has 0 N–H and O–H groups in total. The van der Waals surface area contributed by atoms with Crippen molar-refractivity contribution >= 4 is 14.5 Å². The molecule has 0 aromatic carbocycles. The van der Waals surface area contributed by atoms with E-state index < -0.39 is 8.56 Å². The molecule has 0 spiro atoms. The van der Waals surface area contributed by atoms with Gasteiger partial charge in [0.15, 0.2) is 0 Å². The molecule has 0 unspecified atom stereocenters. The molecule has 0 aliphatic carbocycles. The molecule has 0 saturated carbocycles. The first-order valence-corrected chi connectivity index (χ1v) is 9.58. The van der Waals surface area contributed by atoms with Crippen LogP contribution in [0.2, 0.25) is 12.6 Å². The summed E-state index contributed by atoms with van der Waals surface area (Å²) in [6, 6.07) is 0.989. The Morgan fingerprint density at radius 1 is 1.11 bits per heavy atom. The van der Waals surface area contributed by atoms with E-state index in [1.165, 1.54) is 0 Å². The highest BCUT2D eigenvalue weighted by Gasteiger charge is 2.29. The Hall–Kier alpha value is -0.653. The first-order valence-electron chi connectivity index (χ1n) is 7.05. The maximum absolute atomic E-state index is 11.2. The van der Waals surface area contributed by atoms with Crippen molar-refractivity contribution in [3.8, 4) is 0 Å². The minimum atomic E-state index is -1.97. The Bertz CT molecular complexity index is 273. The number of carbonyl (C=O) groups is 1. The lowest BCUT2D eigenvalue weighted by Gasteiger charge is -2.25. The van der Waals surface area contributed by atoms with Gasteiger partial charge in [-0.05, 0) is 39.8 Å². The smallest absolute Gasteiger partial charge is 0.334 e.